The molecule has 2 fully saturated rings. The van der Waals surface area contributed by atoms with E-state index in [4.69, 9.17) is 6.42 Å². The second-order valence-electron chi connectivity index (χ2n) is 4.68. The lowest BCUT2D eigenvalue weighted by Gasteiger charge is -2.26. The minimum Gasteiger partial charge on any atom is -0.286 e. The fraction of sp³-hybridized carbons (Fsp3) is 0.833. The fourth-order valence-corrected chi connectivity index (χ4v) is 2.55. The van der Waals surface area contributed by atoms with Gasteiger partial charge in [-0.15, -0.1) is 6.42 Å². The van der Waals surface area contributed by atoms with Crippen molar-refractivity contribution in [3.63, 3.8) is 0 Å². The summed E-state index contributed by atoms with van der Waals surface area (Å²) in [4.78, 5) is 2.57. The van der Waals surface area contributed by atoms with Crippen molar-refractivity contribution in [2.45, 2.75) is 51.1 Å². The summed E-state index contributed by atoms with van der Waals surface area (Å²) in [5.41, 5.74) is 0. The van der Waals surface area contributed by atoms with Gasteiger partial charge in [-0.2, -0.15) is 0 Å². The Labute approximate surface area is 81.5 Å². The van der Waals surface area contributed by atoms with E-state index in [1.807, 2.05) is 0 Å². The van der Waals surface area contributed by atoms with Crippen LogP contribution < -0.4 is 0 Å². The van der Waals surface area contributed by atoms with Crippen LogP contribution in [-0.2, 0) is 0 Å². The van der Waals surface area contributed by atoms with E-state index in [-0.39, 0.29) is 0 Å². The highest BCUT2D eigenvalue weighted by Gasteiger charge is 2.35. The van der Waals surface area contributed by atoms with Gasteiger partial charge >= 0.3 is 0 Å². The van der Waals surface area contributed by atoms with Crippen LogP contribution in [0, 0.1) is 18.3 Å². The average molecular weight is 177 g/mol. The van der Waals surface area contributed by atoms with Crippen molar-refractivity contribution in [1.29, 1.82) is 0 Å². The zero-order chi connectivity index (χ0) is 9.26. The molecule has 0 heterocycles. The van der Waals surface area contributed by atoms with Crippen molar-refractivity contribution < 1.29 is 0 Å². The Balaban J connectivity index is 1.91. The molecule has 0 saturated heterocycles. The number of nitrogens with zero attached hydrogens (tertiary/aromatic N) is 1. The van der Waals surface area contributed by atoms with Gasteiger partial charge in [-0.25, -0.2) is 0 Å². The van der Waals surface area contributed by atoms with Gasteiger partial charge in [-0.05, 0) is 38.0 Å². The third-order valence-electron chi connectivity index (χ3n) is 3.43. The molecule has 2 unspecified atom stereocenters. The highest BCUT2D eigenvalue weighted by molar-refractivity contribution is 4.98. The van der Waals surface area contributed by atoms with Gasteiger partial charge in [-0.3, -0.25) is 4.90 Å². The van der Waals surface area contributed by atoms with Crippen LogP contribution in [0.25, 0.3) is 0 Å². The van der Waals surface area contributed by atoms with Crippen LogP contribution in [0.1, 0.15) is 39.0 Å². The molecule has 0 bridgehead atoms. The van der Waals surface area contributed by atoms with Crippen LogP contribution in [0.4, 0.5) is 0 Å². The van der Waals surface area contributed by atoms with E-state index in [0.717, 1.165) is 24.5 Å². The first kappa shape index (κ1) is 9.09. The second-order valence-corrected chi connectivity index (χ2v) is 4.68. The van der Waals surface area contributed by atoms with E-state index in [1.165, 1.54) is 32.1 Å². The van der Waals surface area contributed by atoms with Crippen molar-refractivity contribution in [2.75, 3.05) is 6.54 Å². The van der Waals surface area contributed by atoms with Gasteiger partial charge in [-0.1, -0.05) is 12.8 Å². The first-order chi connectivity index (χ1) is 6.31. The Morgan fingerprint density at radius 3 is 2.38 bits per heavy atom. The summed E-state index contributed by atoms with van der Waals surface area (Å²) in [5.74, 6) is 3.73. The smallest absolute Gasteiger partial charge is 0.0603 e. The molecule has 0 aromatic heterocycles. The average Bonchev–Trinajstić information content (AvgIpc) is 2.85. The van der Waals surface area contributed by atoms with Gasteiger partial charge in [0.1, 0.15) is 0 Å². The molecule has 1 nitrogen and oxygen atoms in total. The fourth-order valence-electron chi connectivity index (χ4n) is 2.55. The molecule has 2 aliphatic carbocycles. The molecule has 2 atom stereocenters. The predicted octanol–water partition coefficient (Wildman–Crippen LogP) is 2.27. The van der Waals surface area contributed by atoms with Gasteiger partial charge in [0.15, 0.2) is 0 Å². The summed E-state index contributed by atoms with van der Waals surface area (Å²) >= 11 is 0. The molecule has 2 saturated carbocycles. The Hall–Kier alpha value is -0.480. The number of hydrogen-bond acceptors (Lipinski definition) is 1. The van der Waals surface area contributed by atoms with Gasteiger partial charge in [0.2, 0.25) is 0 Å². The number of terminal acetylenes is 1. The third-order valence-corrected chi connectivity index (χ3v) is 3.43. The quantitative estimate of drug-likeness (QED) is 0.598. The molecule has 0 amide bonds. The zero-order valence-electron chi connectivity index (χ0n) is 8.50. The van der Waals surface area contributed by atoms with Gasteiger partial charge in [0.05, 0.1) is 6.54 Å². The first-order valence-corrected chi connectivity index (χ1v) is 5.50. The molecular formula is C12H19N. The van der Waals surface area contributed by atoms with Crippen molar-refractivity contribution in [3.8, 4) is 12.3 Å². The van der Waals surface area contributed by atoms with E-state index in [2.05, 4.69) is 17.7 Å². The Bertz CT molecular complexity index is 212. The standard InChI is InChI=1S/C12H19N/c1-3-8-13(11-6-7-11)12-5-4-10(2)9-12/h1,10-12H,4-9H2,2H3. The lowest BCUT2D eigenvalue weighted by molar-refractivity contribution is 0.210. The Kier molecular flexibility index (Phi) is 2.60. The van der Waals surface area contributed by atoms with Gasteiger partial charge < -0.3 is 0 Å². The zero-order valence-corrected chi connectivity index (χ0v) is 8.50. The highest BCUT2D eigenvalue weighted by atomic mass is 15.2. The SMILES string of the molecule is C#CCN(C1CC1)C1CCC(C)C1. The largest absolute Gasteiger partial charge is 0.286 e. The Morgan fingerprint density at radius 1 is 1.23 bits per heavy atom. The van der Waals surface area contributed by atoms with Crippen LogP contribution in [0.15, 0.2) is 0 Å². The minimum atomic E-state index is 0.804. The maximum Gasteiger partial charge on any atom is 0.0603 e. The van der Waals surface area contributed by atoms with Gasteiger partial charge in [0, 0.05) is 12.1 Å². The van der Waals surface area contributed by atoms with Crippen molar-refractivity contribution in [1.82, 2.24) is 4.90 Å². The number of hydrogen-bond donors (Lipinski definition) is 0. The van der Waals surface area contributed by atoms with E-state index in [9.17, 15) is 0 Å². The molecule has 72 valence electrons. The second kappa shape index (κ2) is 3.72. The maximum absolute atomic E-state index is 5.41. The summed E-state index contributed by atoms with van der Waals surface area (Å²) in [6.07, 6.45) is 12.3. The molecule has 13 heavy (non-hydrogen) atoms. The van der Waals surface area contributed by atoms with Crippen molar-refractivity contribution >= 4 is 0 Å². The lowest BCUT2D eigenvalue weighted by atomic mass is 10.1. The molecule has 0 spiro atoms. The van der Waals surface area contributed by atoms with Crippen LogP contribution in [0.5, 0.6) is 0 Å². The molecule has 0 aromatic carbocycles. The normalized spacial score (nSPS) is 33.6. The van der Waals surface area contributed by atoms with Crippen LogP contribution in [0.2, 0.25) is 0 Å². The van der Waals surface area contributed by atoms with Gasteiger partial charge in [0.25, 0.3) is 0 Å². The summed E-state index contributed by atoms with van der Waals surface area (Å²) in [7, 11) is 0. The van der Waals surface area contributed by atoms with E-state index in [0.29, 0.717) is 0 Å². The molecular weight excluding hydrogens is 158 g/mol. The highest BCUT2D eigenvalue weighted by Crippen LogP contribution is 2.35. The van der Waals surface area contributed by atoms with Crippen molar-refractivity contribution in [3.05, 3.63) is 0 Å². The molecule has 2 rings (SSSR count). The summed E-state index contributed by atoms with van der Waals surface area (Å²) in [6.45, 7) is 3.24. The van der Waals surface area contributed by atoms with Crippen molar-refractivity contribution in [2.24, 2.45) is 5.92 Å². The first-order valence-electron chi connectivity index (χ1n) is 5.50. The third kappa shape index (κ3) is 2.06. The Morgan fingerprint density at radius 2 is 1.92 bits per heavy atom. The van der Waals surface area contributed by atoms with E-state index < -0.39 is 0 Å². The molecule has 2 aliphatic rings. The summed E-state index contributed by atoms with van der Waals surface area (Å²) in [5, 5.41) is 0. The predicted molar refractivity (Wildman–Crippen MR) is 55.4 cm³/mol. The maximum atomic E-state index is 5.41. The summed E-state index contributed by atoms with van der Waals surface area (Å²) < 4.78 is 0. The molecule has 0 N–H and O–H groups in total. The van der Waals surface area contributed by atoms with E-state index in [1.54, 1.807) is 0 Å². The number of rotatable bonds is 3. The monoisotopic (exact) mass is 177 g/mol. The molecule has 0 radical (unpaired) electrons. The lowest BCUT2D eigenvalue weighted by Crippen LogP contribution is -2.35. The topological polar surface area (TPSA) is 3.24 Å². The minimum absolute atomic E-state index is 0.804. The van der Waals surface area contributed by atoms with Crippen LogP contribution in [-0.4, -0.2) is 23.5 Å². The molecule has 0 aliphatic heterocycles. The molecule has 0 aromatic rings. The van der Waals surface area contributed by atoms with Crippen LogP contribution >= 0.6 is 0 Å². The summed E-state index contributed by atoms with van der Waals surface area (Å²) in [6, 6.07) is 1.64. The molecule has 1 heteroatoms. The van der Waals surface area contributed by atoms with E-state index >= 15 is 0 Å². The van der Waals surface area contributed by atoms with Crippen LogP contribution in [0.3, 0.4) is 0 Å².